The number of carbonyl (C=O) groups excluding carboxylic acids is 1. The molecule has 0 radical (unpaired) electrons. The molecule has 0 unspecified atom stereocenters. The van der Waals surface area contributed by atoms with E-state index < -0.39 is 34.8 Å². The zero-order valence-corrected chi connectivity index (χ0v) is 21.0. The topological polar surface area (TPSA) is 56.8 Å². The Morgan fingerprint density at radius 3 is 1.89 bits per heavy atom. The maximum absolute atomic E-state index is 14.2. The monoisotopic (exact) mass is 550 g/mol. The summed E-state index contributed by atoms with van der Waals surface area (Å²) in [6.07, 6.45) is 0. The Hall–Kier alpha value is -3.93. The van der Waals surface area contributed by atoms with E-state index in [-0.39, 0.29) is 24.1 Å². The third kappa shape index (κ3) is 5.80. The van der Waals surface area contributed by atoms with Crippen molar-refractivity contribution in [2.45, 2.75) is 6.92 Å². The number of benzene rings is 3. The van der Waals surface area contributed by atoms with Crippen LogP contribution in [0.15, 0.2) is 48.5 Å². The average Bonchev–Trinajstić information content (AvgIpc) is 2.92. The van der Waals surface area contributed by atoms with E-state index >= 15 is 0 Å². The van der Waals surface area contributed by atoms with Crippen LogP contribution in [-0.4, -0.2) is 43.8 Å². The fraction of sp³-hybridized carbons (Fsp3) is 0.231. The SMILES string of the molecule is CCOc1ccc(C(=O)NC(=S)Nc2ccc(N3CCN(c4c(F)c(F)c(F)c(F)c4F)CC3)cc2)cc1. The second-order valence-corrected chi connectivity index (χ2v) is 8.71. The molecule has 3 aromatic carbocycles. The molecule has 6 nitrogen and oxygen atoms in total. The van der Waals surface area contributed by atoms with Crippen LogP contribution in [0.3, 0.4) is 0 Å². The Morgan fingerprint density at radius 2 is 1.34 bits per heavy atom. The summed E-state index contributed by atoms with van der Waals surface area (Å²) in [7, 11) is 0. The highest BCUT2D eigenvalue weighted by Gasteiger charge is 2.30. The highest BCUT2D eigenvalue weighted by Crippen LogP contribution is 2.31. The molecule has 4 rings (SSSR count). The molecule has 0 saturated carbocycles. The molecular formula is C26H23F5N4O2S. The van der Waals surface area contributed by atoms with Crippen molar-refractivity contribution in [1.82, 2.24) is 5.32 Å². The molecule has 0 bridgehead atoms. The van der Waals surface area contributed by atoms with E-state index in [1.807, 2.05) is 11.8 Å². The van der Waals surface area contributed by atoms with Gasteiger partial charge in [0.05, 0.1) is 6.61 Å². The number of anilines is 3. The third-order valence-corrected chi connectivity index (χ3v) is 6.13. The number of hydrogen-bond acceptors (Lipinski definition) is 5. The highest BCUT2D eigenvalue weighted by atomic mass is 32.1. The van der Waals surface area contributed by atoms with Crippen molar-refractivity contribution in [3.05, 3.63) is 83.2 Å². The smallest absolute Gasteiger partial charge is 0.257 e. The molecule has 0 spiro atoms. The molecule has 12 heteroatoms. The molecular weight excluding hydrogens is 527 g/mol. The van der Waals surface area contributed by atoms with Gasteiger partial charge in [-0.05, 0) is 67.7 Å². The van der Waals surface area contributed by atoms with Crippen LogP contribution in [0.25, 0.3) is 0 Å². The van der Waals surface area contributed by atoms with Crippen LogP contribution in [0.5, 0.6) is 5.75 Å². The number of thiocarbonyl (C=S) groups is 1. The lowest BCUT2D eigenvalue weighted by molar-refractivity contribution is 0.0977. The lowest BCUT2D eigenvalue weighted by atomic mass is 10.2. The predicted molar refractivity (Wildman–Crippen MR) is 138 cm³/mol. The second kappa shape index (κ2) is 11.6. The van der Waals surface area contributed by atoms with Crippen LogP contribution < -0.4 is 25.2 Å². The number of piperazine rings is 1. The highest BCUT2D eigenvalue weighted by molar-refractivity contribution is 7.80. The zero-order valence-electron chi connectivity index (χ0n) is 20.2. The van der Waals surface area contributed by atoms with Crippen molar-refractivity contribution in [3.8, 4) is 5.75 Å². The van der Waals surface area contributed by atoms with E-state index in [1.165, 1.54) is 0 Å². The molecule has 0 aromatic heterocycles. The maximum atomic E-state index is 14.2. The second-order valence-electron chi connectivity index (χ2n) is 8.31. The predicted octanol–water partition coefficient (Wildman–Crippen LogP) is 5.23. The normalized spacial score (nSPS) is 13.3. The molecule has 0 aliphatic carbocycles. The van der Waals surface area contributed by atoms with E-state index in [0.717, 1.165) is 10.6 Å². The minimum absolute atomic E-state index is 0.0556. The van der Waals surface area contributed by atoms with Gasteiger partial charge >= 0.3 is 0 Å². The van der Waals surface area contributed by atoms with Gasteiger partial charge in [0.1, 0.15) is 11.4 Å². The van der Waals surface area contributed by atoms with Crippen LogP contribution in [-0.2, 0) is 0 Å². The number of carbonyl (C=O) groups is 1. The first-order valence-electron chi connectivity index (χ1n) is 11.7. The maximum Gasteiger partial charge on any atom is 0.257 e. The van der Waals surface area contributed by atoms with Crippen LogP contribution in [0.4, 0.5) is 39.0 Å². The Balaban J connectivity index is 1.32. The molecule has 1 saturated heterocycles. The summed E-state index contributed by atoms with van der Waals surface area (Å²) in [6.45, 7) is 3.09. The van der Waals surface area contributed by atoms with Gasteiger partial charge < -0.3 is 19.9 Å². The summed E-state index contributed by atoms with van der Waals surface area (Å²) in [5.74, 6) is -9.49. The number of rotatable bonds is 6. The van der Waals surface area contributed by atoms with Gasteiger partial charge in [-0.15, -0.1) is 0 Å². The van der Waals surface area contributed by atoms with Crippen molar-refractivity contribution in [1.29, 1.82) is 0 Å². The summed E-state index contributed by atoms with van der Waals surface area (Å²) in [6, 6.07) is 13.7. The standard InChI is InChI=1S/C26H23F5N4O2S/c1-2-37-18-9-3-15(4-10-18)25(36)33-26(38)32-16-5-7-17(8-6-16)34-11-13-35(14-12-34)24-22(30)20(28)19(27)21(29)23(24)31/h3-10H,2,11-14H2,1H3,(H2,32,33,36,38). The van der Waals surface area contributed by atoms with Crippen molar-refractivity contribution < 1.29 is 31.5 Å². The zero-order chi connectivity index (χ0) is 27.4. The molecule has 0 atom stereocenters. The van der Waals surface area contributed by atoms with E-state index in [9.17, 15) is 26.7 Å². The van der Waals surface area contributed by atoms with Crippen molar-refractivity contribution in [2.24, 2.45) is 0 Å². The van der Waals surface area contributed by atoms with Gasteiger partial charge in [0.25, 0.3) is 5.91 Å². The van der Waals surface area contributed by atoms with Crippen molar-refractivity contribution in [2.75, 3.05) is 47.9 Å². The van der Waals surface area contributed by atoms with Crippen LogP contribution in [0, 0.1) is 29.1 Å². The molecule has 1 heterocycles. The number of nitrogens with one attached hydrogen (secondary N) is 2. The first kappa shape index (κ1) is 27.1. The fourth-order valence-corrected chi connectivity index (χ4v) is 4.23. The molecule has 1 fully saturated rings. The van der Waals surface area contributed by atoms with Gasteiger partial charge in [-0.3, -0.25) is 10.1 Å². The molecule has 1 amide bonds. The lowest BCUT2D eigenvalue weighted by Crippen LogP contribution is -2.47. The molecule has 3 aromatic rings. The first-order valence-corrected chi connectivity index (χ1v) is 12.1. The summed E-state index contributed by atoms with van der Waals surface area (Å²) in [4.78, 5) is 15.5. The van der Waals surface area contributed by atoms with Gasteiger partial charge in [-0.1, -0.05) is 0 Å². The minimum Gasteiger partial charge on any atom is -0.494 e. The van der Waals surface area contributed by atoms with Crippen molar-refractivity contribution >= 4 is 40.3 Å². The number of halogens is 5. The van der Waals surface area contributed by atoms with Gasteiger partial charge in [0, 0.05) is 43.1 Å². The van der Waals surface area contributed by atoms with Gasteiger partial charge in [0.15, 0.2) is 28.4 Å². The molecule has 2 N–H and O–H groups in total. The molecule has 38 heavy (non-hydrogen) atoms. The fourth-order valence-electron chi connectivity index (χ4n) is 4.02. The molecule has 200 valence electrons. The number of ether oxygens (including phenoxy) is 1. The van der Waals surface area contributed by atoms with E-state index in [1.54, 1.807) is 48.5 Å². The van der Waals surface area contributed by atoms with E-state index in [0.29, 0.717) is 36.7 Å². The number of nitrogens with zero attached hydrogens (tertiary/aromatic N) is 2. The van der Waals surface area contributed by atoms with E-state index in [4.69, 9.17) is 17.0 Å². The summed E-state index contributed by atoms with van der Waals surface area (Å²) in [5.41, 5.74) is 0.905. The molecule has 1 aliphatic heterocycles. The van der Waals surface area contributed by atoms with Crippen LogP contribution in [0.1, 0.15) is 17.3 Å². The average molecular weight is 551 g/mol. The summed E-state index contributed by atoms with van der Waals surface area (Å²) < 4.78 is 74.2. The third-order valence-electron chi connectivity index (χ3n) is 5.93. The number of amides is 1. The van der Waals surface area contributed by atoms with Gasteiger partial charge in [0.2, 0.25) is 5.82 Å². The summed E-state index contributed by atoms with van der Waals surface area (Å²) in [5, 5.41) is 5.63. The molecule has 1 aliphatic rings. The Kier molecular flexibility index (Phi) is 8.30. The minimum atomic E-state index is -2.17. The van der Waals surface area contributed by atoms with Gasteiger partial charge in [-0.25, -0.2) is 22.0 Å². The van der Waals surface area contributed by atoms with Crippen molar-refractivity contribution in [3.63, 3.8) is 0 Å². The lowest BCUT2D eigenvalue weighted by Gasteiger charge is -2.37. The largest absolute Gasteiger partial charge is 0.494 e. The van der Waals surface area contributed by atoms with Crippen LogP contribution in [0.2, 0.25) is 0 Å². The Bertz CT molecular complexity index is 1300. The summed E-state index contributed by atoms with van der Waals surface area (Å²) >= 11 is 5.22. The Labute approximate surface area is 221 Å². The van der Waals surface area contributed by atoms with E-state index in [2.05, 4.69) is 10.6 Å². The Morgan fingerprint density at radius 1 is 0.816 bits per heavy atom. The number of hydrogen-bond donors (Lipinski definition) is 2. The first-order chi connectivity index (χ1) is 18.2. The quantitative estimate of drug-likeness (QED) is 0.190. The van der Waals surface area contributed by atoms with Crippen LogP contribution >= 0.6 is 12.2 Å². The van der Waals surface area contributed by atoms with Gasteiger partial charge in [-0.2, -0.15) is 0 Å².